The molecule has 1 aliphatic carbocycles. The van der Waals surface area contributed by atoms with Crippen LogP contribution in [0.25, 0.3) is 0 Å². The molecule has 1 atom stereocenters. The molecule has 0 aliphatic heterocycles. The highest BCUT2D eigenvalue weighted by Gasteiger charge is 2.27. The maximum atomic E-state index is 12.1. The van der Waals surface area contributed by atoms with Crippen LogP contribution in [-0.2, 0) is 4.74 Å². The van der Waals surface area contributed by atoms with Crippen molar-refractivity contribution in [2.45, 2.75) is 64.5 Å². The standard InChI is InChI=1S/C15H27N5O2/c1-15(2,3)22-14(21)19-13(12-7-5-4-6-8-12)9-18-20-10-16-17-11-20/h10-13,18H,4-9H2,1-3H3,(H,19,21)/t13-/m1/s1. The number of carbonyl (C=O) groups is 1. The molecule has 1 amide bonds. The quantitative estimate of drug-likeness (QED) is 0.872. The van der Waals surface area contributed by atoms with Gasteiger partial charge in [0.25, 0.3) is 0 Å². The summed E-state index contributed by atoms with van der Waals surface area (Å²) in [5.74, 6) is 0.477. The maximum absolute atomic E-state index is 12.1. The number of rotatable bonds is 5. The van der Waals surface area contributed by atoms with E-state index in [1.54, 1.807) is 17.3 Å². The maximum Gasteiger partial charge on any atom is 0.407 e. The van der Waals surface area contributed by atoms with Crippen LogP contribution in [0.4, 0.5) is 4.79 Å². The zero-order valence-corrected chi connectivity index (χ0v) is 13.7. The van der Waals surface area contributed by atoms with Gasteiger partial charge in [0.2, 0.25) is 0 Å². The van der Waals surface area contributed by atoms with Gasteiger partial charge in [0.15, 0.2) is 0 Å². The van der Waals surface area contributed by atoms with E-state index in [4.69, 9.17) is 4.74 Å². The lowest BCUT2D eigenvalue weighted by atomic mass is 9.84. The van der Waals surface area contributed by atoms with E-state index in [0.29, 0.717) is 12.5 Å². The van der Waals surface area contributed by atoms with E-state index in [2.05, 4.69) is 20.9 Å². The number of nitrogens with one attached hydrogen (secondary N) is 2. The van der Waals surface area contributed by atoms with E-state index in [-0.39, 0.29) is 12.1 Å². The summed E-state index contributed by atoms with van der Waals surface area (Å²) in [7, 11) is 0. The number of aromatic nitrogens is 3. The number of carbonyl (C=O) groups excluding carboxylic acids is 1. The lowest BCUT2D eigenvalue weighted by molar-refractivity contribution is 0.0481. The first kappa shape index (κ1) is 16.6. The lowest BCUT2D eigenvalue weighted by Gasteiger charge is -2.32. The fourth-order valence-electron chi connectivity index (χ4n) is 2.82. The number of hydrogen-bond acceptors (Lipinski definition) is 5. The largest absolute Gasteiger partial charge is 0.444 e. The van der Waals surface area contributed by atoms with Crippen LogP contribution in [0.5, 0.6) is 0 Å². The second kappa shape index (κ2) is 7.47. The van der Waals surface area contributed by atoms with E-state index in [9.17, 15) is 4.79 Å². The highest BCUT2D eigenvalue weighted by Crippen LogP contribution is 2.26. The Balaban J connectivity index is 1.92. The third kappa shape index (κ3) is 5.54. The van der Waals surface area contributed by atoms with Gasteiger partial charge in [-0.3, -0.25) is 0 Å². The van der Waals surface area contributed by atoms with Crippen molar-refractivity contribution >= 4 is 6.09 Å². The molecule has 0 spiro atoms. The molecule has 1 aromatic rings. The normalized spacial score (nSPS) is 17.8. The first-order chi connectivity index (χ1) is 10.4. The second-order valence-electron chi connectivity index (χ2n) is 6.88. The molecule has 1 heterocycles. The van der Waals surface area contributed by atoms with Gasteiger partial charge in [0, 0.05) is 0 Å². The molecule has 0 saturated heterocycles. The van der Waals surface area contributed by atoms with Crippen LogP contribution < -0.4 is 10.7 Å². The molecule has 0 unspecified atom stereocenters. The molecule has 2 N–H and O–H groups in total. The third-order valence-electron chi connectivity index (χ3n) is 3.83. The SMILES string of the molecule is CC(C)(C)OC(=O)N[C@H](CNn1cnnc1)C1CCCCC1. The zero-order valence-electron chi connectivity index (χ0n) is 13.7. The molecule has 7 heteroatoms. The average Bonchev–Trinajstić information content (AvgIpc) is 2.95. The minimum atomic E-state index is -0.483. The number of alkyl carbamates (subject to hydrolysis) is 1. The molecule has 0 bridgehead atoms. The topological polar surface area (TPSA) is 81.1 Å². The Morgan fingerprint density at radius 1 is 1.27 bits per heavy atom. The van der Waals surface area contributed by atoms with E-state index in [1.165, 1.54) is 19.3 Å². The molecule has 2 rings (SSSR count). The Morgan fingerprint density at radius 3 is 2.50 bits per heavy atom. The predicted octanol–water partition coefficient (Wildman–Crippen LogP) is 2.30. The van der Waals surface area contributed by atoms with Crippen LogP contribution >= 0.6 is 0 Å². The molecule has 7 nitrogen and oxygen atoms in total. The van der Waals surface area contributed by atoms with Gasteiger partial charge in [-0.05, 0) is 39.5 Å². The average molecular weight is 309 g/mol. The number of ether oxygens (including phenoxy) is 1. The van der Waals surface area contributed by atoms with Crippen molar-refractivity contribution in [1.29, 1.82) is 0 Å². The Labute approximate surface area is 131 Å². The van der Waals surface area contributed by atoms with E-state index in [1.807, 2.05) is 20.8 Å². The van der Waals surface area contributed by atoms with Gasteiger partial charge in [0.1, 0.15) is 18.3 Å². The molecule has 0 aromatic carbocycles. The minimum Gasteiger partial charge on any atom is -0.444 e. The van der Waals surface area contributed by atoms with Crippen LogP contribution in [0.1, 0.15) is 52.9 Å². The van der Waals surface area contributed by atoms with Crippen molar-refractivity contribution in [1.82, 2.24) is 20.2 Å². The fourth-order valence-corrected chi connectivity index (χ4v) is 2.82. The second-order valence-corrected chi connectivity index (χ2v) is 6.88. The molecule has 1 fully saturated rings. The summed E-state index contributed by atoms with van der Waals surface area (Å²) < 4.78 is 7.09. The Kier molecular flexibility index (Phi) is 5.63. The van der Waals surface area contributed by atoms with Crippen LogP contribution in [0.15, 0.2) is 12.7 Å². The Hall–Kier alpha value is -1.79. The smallest absolute Gasteiger partial charge is 0.407 e. The fraction of sp³-hybridized carbons (Fsp3) is 0.800. The van der Waals surface area contributed by atoms with E-state index >= 15 is 0 Å². The van der Waals surface area contributed by atoms with E-state index in [0.717, 1.165) is 12.8 Å². The zero-order chi connectivity index (χ0) is 16.0. The van der Waals surface area contributed by atoms with Crippen LogP contribution in [0, 0.1) is 5.92 Å². The van der Waals surface area contributed by atoms with Crippen molar-refractivity contribution < 1.29 is 9.53 Å². The van der Waals surface area contributed by atoms with Crippen molar-refractivity contribution in [3.05, 3.63) is 12.7 Å². The Morgan fingerprint density at radius 2 is 1.91 bits per heavy atom. The van der Waals surface area contributed by atoms with Gasteiger partial charge in [-0.1, -0.05) is 19.3 Å². The highest BCUT2D eigenvalue weighted by atomic mass is 16.6. The van der Waals surface area contributed by atoms with Crippen LogP contribution in [-0.4, -0.2) is 39.2 Å². The third-order valence-corrected chi connectivity index (χ3v) is 3.83. The summed E-state index contributed by atoms with van der Waals surface area (Å²) in [6.07, 6.45) is 8.88. The summed E-state index contributed by atoms with van der Waals surface area (Å²) in [4.78, 5) is 12.1. The first-order valence-electron chi connectivity index (χ1n) is 8.02. The monoisotopic (exact) mass is 309 g/mol. The molecule has 1 aliphatic rings. The number of nitrogens with zero attached hydrogens (tertiary/aromatic N) is 3. The van der Waals surface area contributed by atoms with Crippen molar-refractivity contribution in [2.75, 3.05) is 12.0 Å². The summed E-state index contributed by atoms with van der Waals surface area (Å²) in [6, 6.07) is 0.0394. The predicted molar refractivity (Wildman–Crippen MR) is 84.0 cm³/mol. The summed E-state index contributed by atoms with van der Waals surface area (Å²) in [5, 5.41) is 10.5. The van der Waals surface area contributed by atoms with Gasteiger partial charge in [-0.25, -0.2) is 9.47 Å². The minimum absolute atomic E-state index is 0.0394. The molecule has 1 saturated carbocycles. The first-order valence-corrected chi connectivity index (χ1v) is 8.02. The highest BCUT2D eigenvalue weighted by molar-refractivity contribution is 5.68. The van der Waals surface area contributed by atoms with Gasteiger partial charge in [-0.2, -0.15) is 0 Å². The van der Waals surface area contributed by atoms with Gasteiger partial charge in [-0.15, -0.1) is 10.2 Å². The molecular formula is C15H27N5O2. The molecule has 124 valence electrons. The van der Waals surface area contributed by atoms with Gasteiger partial charge < -0.3 is 15.5 Å². The van der Waals surface area contributed by atoms with Gasteiger partial charge >= 0.3 is 6.09 Å². The van der Waals surface area contributed by atoms with Crippen molar-refractivity contribution in [3.63, 3.8) is 0 Å². The Bertz CT molecular complexity index is 449. The van der Waals surface area contributed by atoms with Gasteiger partial charge in [0.05, 0.1) is 12.6 Å². The lowest BCUT2D eigenvalue weighted by Crippen LogP contribution is -2.48. The molecular weight excluding hydrogens is 282 g/mol. The number of amides is 1. The number of hydrogen-bond donors (Lipinski definition) is 2. The van der Waals surface area contributed by atoms with Crippen LogP contribution in [0.2, 0.25) is 0 Å². The molecule has 0 radical (unpaired) electrons. The summed E-state index contributed by atoms with van der Waals surface area (Å²) in [6.45, 7) is 6.24. The summed E-state index contributed by atoms with van der Waals surface area (Å²) >= 11 is 0. The van der Waals surface area contributed by atoms with E-state index < -0.39 is 5.60 Å². The summed E-state index contributed by atoms with van der Waals surface area (Å²) in [5.41, 5.74) is 2.73. The van der Waals surface area contributed by atoms with Crippen LogP contribution in [0.3, 0.4) is 0 Å². The van der Waals surface area contributed by atoms with Crippen molar-refractivity contribution in [2.24, 2.45) is 5.92 Å². The molecule has 1 aromatic heterocycles. The molecule has 22 heavy (non-hydrogen) atoms. The van der Waals surface area contributed by atoms with Crippen molar-refractivity contribution in [3.8, 4) is 0 Å².